The smallest absolute Gasteiger partial charge is 0.222 e. The van der Waals surface area contributed by atoms with E-state index in [1.807, 2.05) is 18.2 Å². The lowest BCUT2D eigenvalue weighted by Gasteiger charge is -2.41. The van der Waals surface area contributed by atoms with Crippen LogP contribution in [0.25, 0.3) is 0 Å². The number of aryl methyl sites for hydroxylation is 1. The van der Waals surface area contributed by atoms with E-state index >= 15 is 0 Å². The molecule has 0 N–H and O–H groups in total. The fraction of sp³-hybridized carbons (Fsp3) is 0.650. The maximum atomic E-state index is 12.8. The molecule has 1 aromatic rings. The number of likely N-dealkylation sites (tertiary alicyclic amines) is 1. The van der Waals surface area contributed by atoms with Crippen molar-refractivity contribution in [3.05, 3.63) is 28.8 Å². The van der Waals surface area contributed by atoms with Crippen LogP contribution in [0.15, 0.2) is 18.2 Å². The molecule has 4 nitrogen and oxygen atoms in total. The summed E-state index contributed by atoms with van der Waals surface area (Å²) in [6.45, 7) is 3.44. The number of carbonyl (C=O) groups is 1. The average molecular weight is 364 g/mol. The summed E-state index contributed by atoms with van der Waals surface area (Å²) >= 11 is 6.18. The van der Waals surface area contributed by atoms with E-state index in [-0.39, 0.29) is 16.7 Å². The molecule has 2 unspecified atom stereocenters. The Morgan fingerprint density at radius 3 is 2.52 bits per heavy atom. The zero-order valence-corrected chi connectivity index (χ0v) is 15.6. The molecule has 1 aromatic carbocycles. The van der Waals surface area contributed by atoms with Crippen molar-refractivity contribution in [2.45, 2.75) is 38.5 Å². The third-order valence-corrected chi connectivity index (χ3v) is 6.92. The van der Waals surface area contributed by atoms with E-state index in [1.54, 1.807) is 7.11 Å². The first-order valence-electron chi connectivity index (χ1n) is 9.26. The number of halogens is 1. The molecule has 2 heterocycles. The van der Waals surface area contributed by atoms with Gasteiger partial charge >= 0.3 is 0 Å². The first-order chi connectivity index (χ1) is 12.1. The second-order valence-electron chi connectivity index (χ2n) is 7.98. The number of methoxy groups -OCH3 is 1. The molecular formula is C20H26ClNO3. The third-order valence-electron chi connectivity index (χ3n) is 6.63. The number of ether oxygens (including phenoxy) is 2. The first kappa shape index (κ1) is 17.2. The largest absolute Gasteiger partial charge is 0.495 e. The highest BCUT2D eigenvalue weighted by atomic mass is 35.5. The van der Waals surface area contributed by atoms with E-state index in [4.69, 9.17) is 21.1 Å². The number of hydrogen-bond donors (Lipinski definition) is 0. The topological polar surface area (TPSA) is 38.8 Å². The minimum Gasteiger partial charge on any atom is -0.495 e. The molecule has 3 aliphatic rings. The van der Waals surface area contributed by atoms with E-state index < -0.39 is 0 Å². The standard InChI is InChI=1S/C20H26ClNO3/c1-24-17-6-4-15(10-16(17)21)5-7-18(23)22-11-19-8-2-3-9-20(19,12-22)14-25-13-19/h4,6,10H,2-3,5,7-9,11-14H2,1H3. The van der Waals surface area contributed by atoms with Gasteiger partial charge in [-0.15, -0.1) is 0 Å². The quantitative estimate of drug-likeness (QED) is 0.818. The summed E-state index contributed by atoms with van der Waals surface area (Å²) < 4.78 is 11.1. The van der Waals surface area contributed by atoms with Crippen LogP contribution < -0.4 is 4.74 Å². The Bertz CT molecular complexity index is 657. The Hall–Kier alpha value is -1.26. The van der Waals surface area contributed by atoms with Gasteiger partial charge in [-0.05, 0) is 37.0 Å². The van der Waals surface area contributed by atoms with E-state index in [0.717, 1.165) is 38.3 Å². The molecule has 2 atom stereocenters. The SMILES string of the molecule is COc1ccc(CCC(=O)N2CC34CCCCC3(COC4)C2)cc1Cl. The molecule has 1 amide bonds. The molecule has 5 heteroatoms. The lowest BCUT2D eigenvalue weighted by Crippen LogP contribution is -2.42. The summed E-state index contributed by atoms with van der Waals surface area (Å²) in [7, 11) is 1.61. The van der Waals surface area contributed by atoms with Crippen molar-refractivity contribution in [1.82, 2.24) is 4.90 Å². The Morgan fingerprint density at radius 2 is 1.92 bits per heavy atom. The lowest BCUT2D eigenvalue weighted by atomic mass is 9.60. The second-order valence-corrected chi connectivity index (χ2v) is 8.39. The van der Waals surface area contributed by atoms with Crippen molar-refractivity contribution < 1.29 is 14.3 Å². The van der Waals surface area contributed by atoms with Gasteiger partial charge in [-0.1, -0.05) is 30.5 Å². The van der Waals surface area contributed by atoms with Gasteiger partial charge in [0.25, 0.3) is 0 Å². The van der Waals surface area contributed by atoms with Crippen LogP contribution in [0.2, 0.25) is 5.02 Å². The van der Waals surface area contributed by atoms with Crippen molar-refractivity contribution >= 4 is 17.5 Å². The van der Waals surface area contributed by atoms with E-state index in [1.165, 1.54) is 25.7 Å². The molecule has 1 saturated carbocycles. The third kappa shape index (κ3) is 2.83. The molecule has 25 heavy (non-hydrogen) atoms. The number of rotatable bonds is 4. The maximum Gasteiger partial charge on any atom is 0.222 e. The highest BCUT2D eigenvalue weighted by Gasteiger charge is 2.62. The molecule has 4 rings (SSSR count). The van der Waals surface area contributed by atoms with Gasteiger partial charge in [0, 0.05) is 30.3 Å². The minimum atomic E-state index is 0.227. The summed E-state index contributed by atoms with van der Waals surface area (Å²) in [5, 5.41) is 0.601. The number of hydrogen-bond acceptors (Lipinski definition) is 3. The molecular weight excluding hydrogens is 338 g/mol. The monoisotopic (exact) mass is 363 g/mol. The van der Waals surface area contributed by atoms with Gasteiger partial charge in [-0.25, -0.2) is 0 Å². The van der Waals surface area contributed by atoms with Gasteiger partial charge in [0.05, 0.1) is 25.3 Å². The Morgan fingerprint density at radius 1 is 1.24 bits per heavy atom. The van der Waals surface area contributed by atoms with Crippen molar-refractivity contribution in [2.75, 3.05) is 33.4 Å². The minimum absolute atomic E-state index is 0.227. The fourth-order valence-corrected chi connectivity index (χ4v) is 5.45. The van der Waals surface area contributed by atoms with Crippen molar-refractivity contribution in [1.29, 1.82) is 0 Å². The number of carbonyl (C=O) groups excluding carboxylic acids is 1. The highest BCUT2D eigenvalue weighted by molar-refractivity contribution is 6.32. The second kappa shape index (κ2) is 6.48. The van der Waals surface area contributed by atoms with Gasteiger partial charge < -0.3 is 14.4 Å². The molecule has 3 fully saturated rings. The summed E-state index contributed by atoms with van der Waals surface area (Å²) in [5.74, 6) is 0.938. The molecule has 1 aliphatic carbocycles. The van der Waals surface area contributed by atoms with Crippen molar-refractivity contribution in [2.24, 2.45) is 10.8 Å². The molecule has 0 radical (unpaired) electrons. The molecule has 2 aliphatic heterocycles. The first-order valence-corrected chi connectivity index (χ1v) is 9.63. The summed E-state index contributed by atoms with van der Waals surface area (Å²) in [6.07, 6.45) is 6.23. The number of nitrogens with zero attached hydrogens (tertiary/aromatic N) is 1. The van der Waals surface area contributed by atoms with Crippen LogP contribution >= 0.6 is 11.6 Å². The van der Waals surface area contributed by atoms with Crippen LogP contribution in [-0.2, 0) is 16.0 Å². The normalized spacial score (nSPS) is 30.9. The van der Waals surface area contributed by atoms with Gasteiger partial charge in [-0.3, -0.25) is 4.79 Å². The van der Waals surface area contributed by atoms with Gasteiger partial charge in [0.2, 0.25) is 5.91 Å². The van der Waals surface area contributed by atoms with Crippen LogP contribution in [0.4, 0.5) is 0 Å². The molecule has 0 bridgehead atoms. The molecule has 0 aromatic heterocycles. The average Bonchev–Trinajstić information content (AvgIpc) is 3.13. The van der Waals surface area contributed by atoms with Crippen LogP contribution in [-0.4, -0.2) is 44.2 Å². The summed E-state index contributed by atoms with van der Waals surface area (Å²) in [5.41, 5.74) is 1.53. The molecule has 2 saturated heterocycles. The predicted molar refractivity (Wildman–Crippen MR) is 97.1 cm³/mol. The van der Waals surface area contributed by atoms with E-state index in [2.05, 4.69) is 4.90 Å². The van der Waals surface area contributed by atoms with Gasteiger partial charge in [0.1, 0.15) is 5.75 Å². The maximum absolute atomic E-state index is 12.8. The van der Waals surface area contributed by atoms with E-state index in [0.29, 0.717) is 17.2 Å². The predicted octanol–water partition coefficient (Wildman–Crippen LogP) is 3.70. The molecule has 136 valence electrons. The van der Waals surface area contributed by atoms with Crippen LogP contribution in [0.3, 0.4) is 0 Å². The Kier molecular flexibility index (Phi) is 4.45. The zero-order valence-electron chi connectivity index (χ0n) is 14.9. The lowest BCUT2D eigenvalue weighted by molar-refractivity contribution is -0.131. The van der Waals surface area contributed by atoms with Crippen molar-refractivity contribution in [3.63, 3.8) is 0 Å². The fourth-order valence-electron chi connectivity index (χ4n) is 5.17. The van der Waals surface area contributed by atoms with E-state index in [9.17, 15) is 4.79 Å². The number of benzene rings is 1. The van der Waals surface area contributed by atoms with Gasteiger partial charge in [-0.2, -0.15) is 0 Å². The summed E-state index contributed by atoms with van der Waals surface area (Å²) in [4.78, 5) is 14.9. The Labute approximate surface area is 154 Å². The van der Waals surface area contributed by atoms with Crippen molar-refractivity contribution in [3.8, 4) is 5.75 Å². The number of amides is 1. The Balaban J connectivity index is 1.40. The van der Waals surface area contributed by atoms with Gasteiger partial charge in [0.15, 0.2) is 0 Å². The van der Waals surface area contributed by atoms with Crippen LogP contribution in [0, 0.1) is 10.8 Å². The highest BCUT2D eigenvalue weighted by Crippen LogP contribution is 2.59. The van der Waals surface area contributed by atoms with Crippen LogP contribution in [0.1, 0.15) is 37.7 Å². The molecule has 0 spiro atoms. The van der Waals surface area contributed by atoms with Crippen LogP contribution in [0.5, 0.6) is 5.75 Å². The zero-order chi connectivity index (χ0) is 17.5. The summed E-state index contributed by atoms with van der Waals surface area (Å²) in [6, 6.07) is 5.76.